The zero-order valence-corrected chi connectivity index (χ0v) is 32.3. The van der Waals surface area contributed by atoms with Gasteiger partial charge in [-0.1, -0.05) is 207 Å². The van der Waals surface area contributed by atoms with E-state index in [1.54, 1.807) is 0 Å². The first kappa shape index (κ1) is 44.0. The number of unbranched alkanes of at least 4 members (excludes halogenated alkanes) is 24. The number of esters is 2. The van der Waals surface area contributed by atoms with Crippen molar-refractivity contribution in [3.63, 3.8) is 0 Å². The Morgan fingerprint density at radius 3 is 0.894 bits per heavy atom. The summed E-state index contributed by atoms with van der Waals surface area (Å²) in [6.07, 6.45) is 39.7. The molecule has 0 spiro atoms. The molecule has 0 atom stereocenters. The molecule has 0 bridgehead atoms. The van der Waals surface area contributed by atoms with Gasteiger partial charge in [0.1, 0.15) is 0 Å². The third kappa shape index (κ3) is 24.7. The predicted molar refractivity (Wildman–Crippen MR) is 202 cm³/mol. The van der Waals surface area contributed by atoms with E-state index in [2.05, 4.69) is 27.7 Å². The molecular weight excluding hydrogens is 580 g/mol. The Morgan fingerprint density at radius 1 is 0.404 bits per heavy atom. The molecule has 0 radical (unpaired) electrons. The lowest BCUT2D eigenvalue weighted by Gasteiger charge is -2.24. The van der Waals surface area contributed by atoms with Crippen LogP contribution in [0.25, 0.3) is 0 Å². The van der Waals surface area contributed by atoms with Crippen LogP contribution >= 0.6 is 0 Å². The third-order valence-corrected chi connectivity index (χ3v) is 10.6. The van der Waals surface area contributed by atoms with Gasteiger partial charge in [0.2, 0.25) is 0 Å². The number of rotatable bonds is 34. The van der Waals surface area contributed by atoms with Crippen LogP contribution < -0.4 is 0 Å². The molecule has 1 aliphatic rings. The molecular formula is C43H82O4. The molecule has 1 fully saturated rings. The van der Waals surface area contributed by atoms with Crippen molar-refractivity contribution < 1.29 is 19.1 Å². The highest BCUT2D eigenvalue weighted by Crippen LogP contribution is 2.40. The van der Waals surface area contributed by atoms with Crippen LogP contribution in [-0.4, -0.2) is 25.2 Å². The average molecular weight is 663 g/mol. The fourth-order valence-electron chi connectivity index (χ4n) is 7.27. The van der Waals surface area contributed by atoms with E-state index in [0.717, 1.165) is 50.4 Å². The van der Waals surface area contributed by atoms with E-state index in [-0.39, 0.29) is 11.9 Å². The van der Waals surface area contributed by atoms with Crippen LogP contribution in [0, 0.1) is 17.3 Å². The Kier molecular flexibility index (Phi) is 29.0. The minimum atomic E-state index is -1.04. The standard InChI is InChI=1S/C43H82O4/c1-39(2)33-27-23-19-15-11-7-5-9-13-17-21-25-31-37-46-41(44)43(35-29-30-36-43)42(45)47-38-32-26-22-18-14-10-6-8-12-16-20-24-28-34-40(3)4/h39-40H,5-38H2,1-4H3. The Bertz CT molecular complexity index is 655. The zero-order valence-electron chi connectivity index (χ0n) is 32.3. The molecule has 0 aromatic heterocycles. The molecule has 47 heavy (non-hydrogen) atoms. The van der Waals surface area contributed by atoms with Gasteiger partial charge in [-0.2, -0.15) is 0 Å². The van der Waals surface area contributed by atoms with Gasteiger partial charge in [0.25, 0.3) is 0 Å². The summed E-state index contributed by atoms with van der Waals surface area (Å²) < 4.78 is 11.3. The lowest BCUT2D eigenvalue weighted by molar-refractivity contribution is -0.172. The summed E-state index contributed by atoms with van der Waals surface area (Å²) in [5.74, 6) is 1.05. The highest BCUT2D eigenvalue weighted by molar-refractivity contribution is 6.00. The van der Waals surface area contributed by atoms with E-state index in [1.165, 1.54) is 154 Å². The van der Waals surface area contributed by atoms with Crippen molar-refractivity contribution in [3.05, 3.63) is 0 Å². The van der Waals surface area contributed by atoms with E-state index in [4.69, 9.17) is 9.47 Å². The Morgan fingerprint density at radius 2 is 0.638 bits per heavy atom. The van der Waals surface area contributed by atoms with E-state index in [9.17, 15) is 9.59 Å². The topological polar surface area (TPSA) is 52.6 Å². The lowest BCUT2D eigenvalue weighted by Crippen LogP contribution is -2.40. The van der Waals surface area contributed by atoms with E-state index in [0.29, 0.717) is 26.1 Å². The second kappa shape index (κ2) is 31.0. The van der Waals surface area contributed by atoms with Crippen LogP contribution in [0.5, 0.6) is 0 Å². The molecule has 0 aromatic rings. The summed E-state index contributed by atoms with van der Waals surface area (Å²) in [7, 11) is 0. The molecule has 278 valence electrons. The van der Waals surface area contributed by atoms with Gasteiger partial charge in [0.15, 0.2) is 5.41 Å². The van der Waals surface area contributed by atoms with Gasteiger partial charge in [-0.25, -0.2) is 0 Å². The van der Waals surface area contributed by atoms with E-state index in [1.807, 2.05) is 0 Å². The largest absolute Gasteiger partial charge is 0.465 e. The second-order valence-corrected chi connectivity index (χ2v) is 16.1. The van der Waals surface area contributed by atoms with Crippen molar-refractivity contribution in [1.82, 2.24) is 0 Å². The van der Waals surface area contributed by atoms with E-state index < -0.39 is 5.41 Å². The van der Waals surface area contributed by atoms with Crippen molar-refractivity contribution in [2.24, 2.45) is 17.3 Å². The Labute approximate surface area is 294 Å². The predicted octanol–water partition coefficient (Wildman–Crippen LogP) is 13.9. The Hall–Kier alpha value is -1.06. The van der Waals surface area contributed by atoms with Crippen LogP contribution in [-0.2, 0) is 19.1 Å². The minimum Gasteiger partial charge on any atom is -0.465 e. The fraction of sp³-hybridized carbons (Fsp3) is 0.953. The number of carbonyl (C=O) groups is 2. The van der Waals surface area contributed by atoms with Gasteiger partial charge >= 0.3 is 11.9 Å². The summed E-state index contributed by atoms with van der Waals surface area (Å²) in [4.78, 5) is 26.1. The van der Waals surface area contributed by atoms with Crippen molar-refractivity contribution in [2.75, 3.05) is 13.2 Å². The average Bonchev–Trinajstić information content (AvgIpc) is 3.55. The molecule has 0 aliphatic heterocycles. The smallest absolute Gasteiger partial charge is 0.323 e. The normalized spacial score (nSPS) is 14.3. The fourth-order valence-corrected chi connectivity index (χ4v) is 7.27. The molecule has 1 aliphatic carbocycles. The Balaban J connectivity index is 1.97. The monoisotopic (exact) mass is 663 g/mol. The molecule has 0 N–H and O–H groups in total. The van der Waals surface area contributed by atoms with Crippen molar-refractivity contribution in [1.29, 1.82) is 0 Å². The van der Waals surface area contributed by atoms with Crippen molar-refractivity contribution >= 4 is 11.9 Å². The van der Waals surface area contributed by atoms with Crippen molar-refractivity contribution in [2.45, 2.75) is 233 Å². The lowest BCUT2D eigenvalue weighted by atomic mass is 9.86. The minimum absolute atomic E-state index is 0.328. The first-order valence-electron chi connectivity index (χ1n) is 21.2. The van der Waals surface area contributed by atoms with Crippen molar-refractivity contribution in [3.8, 4) is 0 Å². The number of hydrogen-bond acceptors (Lipinski definition) is 4. The second-order valence-electron chi connectivity index (χ2n) is 16.1. The van der Waals surface area contributed by atoms with E-state index >= 15 is 0 Å². The van der Waals surface area contributed by atoms with Crippen LogP contribution in [0.15, 0.2) is 0 Å². The molecule has 0 unspecified atom stereocenters. The summed E-state index contributed by atoms with van der Waals surface area (Å²) in [6, 6.07) is 0. The van der Waals surface area contributed by atoms with Gasteiger partial charge in [-0.3, -0.25) is 9.59 Å². The molecule has 1 saturated carbocycles. The van der Waals surface area contributed by atoms with Crippen LogP contribution in [0.4, 0.5) is 0 Å². The number of ether oxygens (including phenoxy) is 2. The maximum Gasteiger partial charge on any atom is 0.323 e. The first-order valence-corrected chi connectivity index (χ1v) is 21.2. The van der Waals surface area contributed by atoms with Gasteiger partial charge < -0.3 is 9.47 Å². The number of hydrogen-bond donors (Lipinski definition) is 0. The molecule has 4 nitrogen and oxygen atoms in total. The highest BCUT2D eigenvalue weighted by Gasteiger charge is 2.50. The summed E-state index contributed by atoms with van der Waals surface area (Å²) >= 11 is 0. The maximum atomic E-state index is 13.0. The van der Waals surface area contributed by atoms with Crippen LogP contribution in [0.1, 0.15) is 233 Å². The summed E-state index contributed by atoms with van der Waals surface area (Å²) in [5.41, 5.74) is -1.04. The summed E-state index contributed by atoms with van der Waals surface area (Å²) in [5, 5.41) is 0. The SMILES string of the molecule is CC(C)CCCCCCCCCCCCCCCOC(=O)C1(C(=O)OCCCCCCCCCCCCCCCC(C)C)CCCC1. The first-order chi connectivity index (χ1) is 22.9. The summed E-state index contributed by atoms with van der Waals surface area (Å²) in [6.45, 7) is 10.2. The van der Waals surface area contributed by atoms with Gasteiger partial charge in [-0.05, 0) is 37.5 Å². The molecule has 0 aromatic carbocycles. The van der Waals surface area contributed by atoms with Gasteiger partial charge in [0.05, 0.1) is 13.2 Å². The maximum absolute atomic E-state index is 13.0. The molecule has 1 rings (SSSR count). The molecule has 0 heterocycles. The molecule has 0 amide bonds. The number of carbonyl (C=O) groups excluding carboxylic acids is 2. The van der Waals surface area contributed by atoms with Gasteiger partial charge in [0, 0.05) is 0 Å². The highest BCUT2D eigenvalue weighted by atomic mass is 16.6. The quantitative estimate of drug-likeness (QED) is 0.0391. The zero-order chi connectivity index (χ0) is 34.3. The van der Waals surface area contributed by atoms with Gasteiger partial charge in [-0.15, -0.1) is 0 Å². The van der Waals surface area contributed by atoms with Crippen LogP contribution in [0.3, 0.4) is 0 Å². The third-order valence-electron chi connectivity index (χ3n) is 10.6. The molecule has 0 saturated heterocycles. The molecule has 4 heteroatoms. The van der Waals surface area contributed by atoms with Crippen LogP contribution in [0.2, 0.25) is 0 Å².